The van der Waals surface area contributed by atoms with E-state index in [0.717, 1.165) is 29.5 Å². The SMILES string of the molecule is COc1cc2c(c(OC)c1CC=C(C)C)C(=O)C[C@@H](c1ccc(OC)c(OC)c1CC=C(C)CCC=C(C)C)O2. The van der Waals surface area contributed by atoms with Crippen LogP contribution in [0, 0.1) is 0 Å². The fourth-order valence-corrected chi connectivity index (χ4v) is 5.04. The van der Waals surface area contributed by atoms with Crippen molar-refractivity contribution in [2.75, 3.05) is 28.4 Å². The van der Waals surface area contributed by atoms with Crippen LogP contribution in [0.4, 0.5) is 0 Å². The molecule has 6 heteroatoms. The van der Waals surface area contributed by atoms with Crippen molar-refractivity contribution in [1.29, 1.82) is 0 Å². The number of hydrogen-bond acceptors (Lipinski definition) is 6. The molecule has 6 nitrogen and oxygen atoms in total. The summed E-state index contributed by atoms with van der Waals surface area (Å²) < 4.78 is 29.5. The van der Waals surface area contributed by atoms with E-state index < -0.39 is 6.10 Å². The van der Waals surface area contributed by atoms with E-state index in [9.17, 15) is 4.79 Å². The van der Waals surface area contributed by atoms with E-state index in [1.54, 1.807) is 28.4 Å². The van der Waals surface area contributed by atoms with Crippen molar-refractivity contribution in [2.24, 2.45) is 0 Å². The second kappa shape index (κ2) is 14.1. The molecule has 0 fully saturated rings. The molecule has 0 N–H and O–H groups in total. The van der Waals surface area contributed by atoms with Crippen LogP contribution in [0.2, 0.25) is 0 Å². The number of ketones is 1. The predicted octanol–water partition coefficient (Wildman–Crippen LogP) is 8.17. The molecule has 0 spiro atoms. The topological polar surface area (TPSA) is 63.2 Å². The van der Waals surface area contributed by atoms with E-state index in [-0.39, 0.29) is 12.2 Å². The molecule has 1 heterocycles. The van der Waals surface area contributed by atoms with Gasteiger partial charge in [0.15, 0.2) is 17.3 Å². The van der Waals surface area contributed by atoms with E-state index in [1.807, 2.05) is 32.0 Å². The number of carbonyl (C=O) groups is 1. The zero-order valence-corrected chi connectivity index (χ0v) is 25.5. The number of Topliss-reactive ketones (excluding diaryl/α,β-unsaturated/α-hetero) is 1. The molecule has 2 aromatic carbocycles. The first-order valence-electron chi connectivity index (χ1n) is 13.8. The molecule has 0 aromatic heterocycles. The van der Waals surface area contributed by atoms with Gasteiger partial charge in [0.25, 0.3) is 0 Å². The highest BCUT2D eigenvalue weighted by atomic mass is 16.5. The van der Waals surface area contributed by atoms with Crippen LogP contribution in [0.3, 0.4) is 0 Å². The first-order chi connectivity index (χ1) is 19.1. The van der Waals surface area contributed by atoms with Crippen molar-refractivity contribution in [3.63, 3.8) is 0 Å². The van der Waals surface area contributed by atoms with Gasteiger partial charge in [0.1, 0.15) is 28.9 Å². The van der Waals surface area contributed by atoms with Crippen LogP contribution >= 0.6 is 0 Å². The normalized spacial score (nSPS) is 14.6. The minimum Gasteiger partial charge on any atom is -0.496 e. The third-order valence-corrected chi connectivity index (χ3v) is 7.14. The van der Waals surface area contributed by atoms with Crippen LogP contribution in [-0.4, -0.2) is 34.2 Å². The summed E-state index contributed by atoms with van der Waals surface area (Å²) in [5.74, 6) is 2.87. The van der Waals surface area contributed by atoms with Gasteiger partial charge in [-0.15, -0.1) is 0 Å². The summed E-state index contributed by atoms with van der Waals surface area (Å²) in [5, 5.41) is 0. The van der Waals surface area contributed by atoms with Crippen molar-refractivity contribution >= 4 is 5.78 Å². The molecule has 216 valence electrons. The number of ether oxygens (including phenoxy) is 5. The zero-order valence-electron chi connectivity index (χ0n) is 25.5. The molecule has 0 bridgehead atoms. The molecule has 0 amide bonds. The standard InChI is InChI=1S/C34H44O6/c1-21(2)11-10-12-23(5)14-16-25-24(17-18-28(36-6)33(25)38-8)30-19-27(35)32-31(40-30)20-29(37-7)26(34(32)39-9)15-13-22(3)4/h11,13-14,17-18,20,30H,10,12,15-16,19H2,1-9H3/t30-/m0/s1. The average molecular weight is 549 g/mol. The maximum atomic E-state index is 13.7. The molecular weight excluding hydrogens is 504 g/mol. The van der Waals surface area contributed by atoms with E-state index in [4.69, 9.17) is 23.7 Å². The fourth-order valence-electron chi connectivity index (χ4n) is 5.04. The highest BCUT2D eigenvalue weighted by molar-refractivity contribution is 6.03. The third-order valence-electron chi connectivity index (χ3n) is 7.14. The summed E-state index contributed by atoms with van der Waals surface area (Å²) in [4.78, 5) is 13.7. The van der Waals surface area contributed by atoms with Crippen LogP contribution in [0.25, 0.3) is 0 Å². The van der Waals surface area contributed by atoms with Crippen LogP contribution in [0.1, 0.15) is 87.0 Å². The summed E-state index contributed by atoms with van der Waals surface area (Å²) in [6.45, 7) is 10.5. The molecule has 0 unspecified atom stereocenters. The van der Waals surface area contributed by atoms with Crippen molar-refractivity contribution in [2.45, 2.75) is 72.8 Å². The molecule has 0 aliphatic carbocycles. The summed E-state index contributed by atoms with van der Waals surface area (Å²) >= 11 is 0. The van der Waals surface area contributed by atoms with Gasteiger partial charge < -0.3 is 23.7 Å². The summed E-state index contributed by atoms with van der Waals surface area (Å²) in [6.07, 6.45) is 9.46. The minimum atomic E-state index is -0.493. The van der Waals surface area contributed by atoms with Gasteiger partial charge in [-0.05, 0) is 66.4 Å². The Morgan fingerprint density at radius 2 is 1.48 bits per heavy atom. The third kappa shape index (κ3) is 7.09. The molecule has 1 aliphatic rings. The number of carbonyl (C=O) groups excluding carboxylic acids is 1. The second-order valence-corrected chi connectivity index (χ2v) is 10.6. The first-order valence-corrected chi connectivity index (χ1v) is 13.8. The van der Waals surface area contributed by atoms with Gasteiger partial charge in [-0.1, -0.05) is 41.0 Å². The minimum absolute atomic E-state index is 0.0293. The number of rotatable bonds is 12. The van der Waals surface area contributed by atoms with E-state index >= 15 is 0 Å². The van der Waals surface area contributed by atoms with E-state index in [0.29, 0.717) is 47.2 Å². The summed E-state index contributed by atoms with van der Waals surface area (Å²) in [7, 11) is 6.47. The van der Waals surface area contributed by atoms with Crippen molar-refractivity contribution in [3.8, 4) is 28.7 Å². The van der Waals surface area contributed by atoms with Gasteiger partial charge in [-0.25, -0.2) is 0 Å². The maximum absolute atomic E-state index is 13.7. The Bertz CT molecular complexity index is 1310. The molecule has 1 aliphatic heterocycles. The van der Waals surface area contributed by atoms with Gasteiger partial charge in [0, 0.05) is 22.8 Å². The molecule has 0 saturated carbocycles. The number of allylic oxidation sites excluding steroid dienone is 6. The Balaban J connectivity index is 2.06. The quantitative estimate of drug-likeness (QED) is 0.249. The Labute approximate surface area is 239 Å². The van der Waals surface area contributed by atoms with Gasteiger partial charge in [0.2, 0.25) is 0 Å². The Morgan fingerprint density at radius 3 is 2.08 bits per heavy atom. The van der Waals surface area contributed by atoms with Crippen LogP contribution < -0.4 is 23.7 Å². The molecular formula is C34H44O6. The van der Waals surface area contributed by atoms with Crippen molar-refractivity contribution in [1.82, 2.24) is 0 Å². The summed E-state index contributed by atoms with van der Waals surface area (Å²) in [6, 6.07) is 5.66. The molecule has 0 radical (unpaired) electrons. The predicted molar refractivity (Wildman–Crippen MR) is 161 cm³/mol. The van der Waals surface area contributed by atoms with Crippen LogP contribution in [0.5, 0.6) is 28.7 Å². The lowest BCUT2D eigenvalue weighted by molar-refractivity contribution is 0.0842. The zero-order chi connectivity index (χ0) is 29.4. The maximum Gasteiger partial charge on any atom is 0.174 e. The van der Waals surface area contributed by atoms with Crippen molar-refractivity contribution < 1.29 is 28.5 Å². The average Bonchev–Trinajstić information content (AvgIpc) is 2.92. The molecule has 3 rings (SSSR count). The largest absolute Gasteiger partial charge is 0.496 e. The Morgan fingerprint density at radius 1 is 0.825 bits per heavy atom. The molecule has 1 atom stereocenters. The number of methoxy groups -OCH3 is 4. The fraction of sp³-hybridized carbons (Fsp3) is 0.441. The number of hydrogen-bond donors (Lipinski definition) is 0. The lowest BCUT2D eigenvalue weighted by atomic mass is 9.89. The van der Waals surface area contributed by atoms with Gasteiger partial charge in [-0.2, -0.15) is 0 Å². The molecule has 0 saturated heterocycles. The Hall–Kier alpha value is -3.67. The van der Waals surface area contributed by atoms with E-state index in [1.165, 1.54) is 16.7 Å². The van der Waals surface area contributed by atoms with Gasteiger partial charge >= 0.3 is 0 Å². The van der Waals surface area contributed by atoms with Crippen molar-refractivity contribution in [3.05, 3.63) is 75.4 Å². The lowest BCUT2D eigenvalue weighted by Crippen LogP contribution is -2.23. The molecule has 40 heavy (non-hydrogen) atoms. The van der Waals surface area contributed by atoms with Gasteiger partial charge in [0.05, 0.1) is 34.9 Å². The Kier molecular flexibility index (Phi) is 10.9. The molecule has 2 aromatic rings. The first kappa shape index (κ1) is 30.9. The highest BCUT2D eigenvalue weighted by Crippen LogP contribution is 2.47. The smallest absolute Gasteiger partial charge is 0.174 e. The highest BCUT2D eigenvalue weighted by Gasteiger charge is 2.35. The van der Waals surface area contributed by atoms with Gasteiger partial charge in [-0.3, -0.25) is 4.79 Å². The monoisotopic (exact) mass is 548 g/mol. The summed E-state index contributed by atoms with van der Waals surface area (Å²) in [5.41, 5.74) is 6.93. The second-order valence-electron chi connectivity index (χ2n) is 10.6. The van der Waals surface area contributed by atoms with E-state index in [2.05, 4.69) is 39.0 Å². The number of benzene rings is 2. The van der Waals surface area contributed by atoms with Crippen LogP contribution in [0.15, 0.2) is 53.1 Å². The van der Waals surface area contributed by atoms with Crippen LogP contribution in [-0.2, 0) is 12.8 Å². The lowest BCUT2D eigenvalue weighted by Gasteiger charge is -2.30. The number of fused-ring (bicyclic) bond motifs is 1.